The van der Waals surface area contributed by atoms with Crippen LogP contribution in [0.3, 0.4) is 0 Å². The summed E-state index contributed by atoms with van der Waals surface area (Å²) in [5, 5.41) is 0. The molecule has 0 unspecified atom stereocenters. The molecule has 2 aromatic carbocycles. The van der Waals surface area contributed by atoms with E-state index in [1.165, 1.54) is 22.4 Å². The fraction of sp³-hybridized carbons (Fsp3) is 0.250. The van der Waals surface area contributed by atoms with Gasteiger partial charge in [0.25, 0.3) is 7.41 Å². The molecule has 1 saturated heterocycles. The molecule has 0 amide bonds. The molecular weight excluding hydrogens is 233 g/mol. The molecule has 2 aromatic rings. The minimum atomic E-state index is 0.838. The Bertz CT molecular complexity index is 550. The maximum Gasteiger partial charge on any atom is 0.275 e. The van der Waals surface area contributed by atoms with Crippen LogP contribution in [-0.4, -0.2) is 14.0 Å². The number of nitrogens with zero attached hydrogens (tertiary/aromatic N) is 1. The second kappa shape index (κ2) is 5.49. The summed E-state index contributed by atoms with van der Waals surface area (Å²) >= 11 is 0. The minimum Gasteiger partial charge on any atom is -0.305 e. The van der Waals surface area contributed by atoms with Gasteiger partial charge in [0, 0.05) is 0 Å². The van der Waals surface area contributed by atoms with E-state index in [1.807, 2.05) is 4.97 Å². The fourth-order valence-electron chi connectivity index (χ4n) is 2.58. The van der Waals surface area contributed by atoms with Gasteiger partial charge in [0.05, 0.1) is 12.3 Å². The van der Waals surface area contributed by atoms with E-state index in [0.29, 0.717) is 0 Å². The van der Waals surface area contributed by atoms with Gasteiger partial charge < -0.3 is 4.97 Å². The van der Waals surface area contributed by atoms with Gasteiger partial charge in [0.15, 0.2) is 0 Å². The summed E-state index contributed by atoms with van der Waals surface area (Å²) in [6.07, 6.45) is 2.11. The second-order valence-electron chi connectivity index (χ2n) is 5.07. The number of rotatable bonds is 3. The van der Waals surface area contributed by atoms with Crippen molar-refractivity contribution in [2.24, 2.45) is 0 Å². The number of hydrogen-bond donors (Lipinski definition) is 0. The van der Waals surface area contributed by atoms with Crippen molar-refractivity contribution in [2.45, 2.75) is 19.7 Å². The van der Waals surface area contributed by atoms with Crippen LogP contribution in [0.2, 0.25) is 6.32 Å². The summed E-state index contributed by atoms with van der Waals surface area (Å²) in [6, 6.07) is 17.2. The van der Waals surface area contributed by atoms with Crippen molar-refractivity contribution in [2.75, 3.05) is 11.6 Å². The zero-order chi connectivity index (χ0) is 13.1. The lowest BCUT2D eigenvalue weighted by molar-refractivity contribution is 0.185. The van der Waals surface area contributed by atoms with Crippen molar-refractivity contribution < 1.29 is 4.84 Å². The molecule has 19 heavy (non-hydrogen) atoms. The van der Waals surface area contributed by atoms with Crippen LogP contribution in [0, 0.1) is 6.92 Å². The van der Waals surface area contributed by atoms with E-state index < -0.39 is 0 Å². The normalized spacial score (nSPS) is 14.5. The molecule has 0 radical (unpaired) electrons. The number of hydrogen-bond acceptors (Lipinski definition) is 2. The zero-order valence-corrected chi connectivity index (χ0v) is 11.3. The first-order valence-electron chi connectivity index (χ1n) is 6.87. The summed E-state index contributed by atoms with van der Waals surface area (Å²) in [7, 11) is 0.999. The van der Waals surface area contributed by atoms with Crippen molar-refractivity contribution in [3.05, 3.63) is 65.2 Å². The summed E-state index contributed by atoms with van der Waals surface area (Å²) in [5.74, 6) is 0. The van der Waals surface area contributed by atoms with Crippen molar-refractivity contribution in [3.63, 3.8) is 0 Å². The fourth-order valence-corrected chi connectivity index (χ4v) is 2.58. The van der Waals surface area contributed by atoms with Crippen LogP contribution in [0.15, 0.2) is 48.5 Å². The van der Waals surface area contributed by atoms with Gasteiger partial charge >= 0.3 is 0 Å². The topological polar surface area (TPSA) is 12.5 Å². The molecule has 2 nitrogen and oxygen atoms in total. The Kier molecular flexibility index (Phi) is 3.56. The van der Waals surface area contributed by atoms with Gasteiger partial charge in [-0.25, -0.2) is 0 Å². The summed E-state index contributed by atoms with van der Waals surface area (Å²) in [5.41, 5.74) is 5.20. The first kappa shape index (κ1) is 12.3. The van der Waals surface area contributed by atoms with Gasteiger partial charge in [-0.05, 0) is 42.4 Å². The van der Waals surface area contributed by atoms with Crippen LogP contribution in [0.25, 0.3) is 0 Å². The molecule has 3 heteroatoms. The Hall–Kier alpha value is -1.74. The molecule has 0 bridgehead atoms. The first-order chi connectivity index (χ1) is 9.33. The van der Waals surface area contributed by atoms with Crippen molar-refractivity contribution >= 4 is 13.1 Å². The van der Waals surface area contributed by atoms with E-state index in [1.54, 1.807) is 0 Å². The number of anilines is 1. The van der Waals surface area contributed by atoms with E-state index in [9.17, 15) is 0 Å². The third kappa shape index (κ3) is 2.82. The molecule has 0 aliphatic carbocycles. The summed E-state index contributed by atoms with van der Waals surface area (Å²) in [6.45, 7) is 3.00. The average molecular weight is 251 g/mol. The predicted molar refractivity (Wildman–Crippen MR) is 80.8 cm³/mol. The Labute approximate surface area is 115 Å². The summed E-state index contributed by atoms with van der Waals surface area (Å²) < 4.78 is 0. The Morgan fingerprint density at radius 2 is 1.95 bits per heavy atom. The van der Waals surface area contributed by atoms with E-state index in [2.05, 4.69) is 55.5 Å². The molecule has 0 saturated carbocycles. The van der Waals surface area contributed by atoms with Crippen LogP contribution >= 0.6 is 0 Å². The van der Waals surface area contributed by atoms with Crippen LogP contribution in [-0.2, 0) is 11.3 Å². The lowest BCUT2D eigenvalue weighted by Crippen LogP contribution is -2.20. The molecule has 0 spiro atoms. The van der Waals surface area contributed by atoms with Crippen molar-refractivity contribution in [1.82, 2.24) is 0 Å². The molecule has 0 atom stereocenters. The SMILES string of the molecule is Cc1cc(Cc2ccccc2)ccc1N1BCCO1. The Balaban J connectivity index is 1.79. The monoisotopic (exact) mass is 251 g/mol. The quantitative estimate of drug-likeness (QED) is 0.777. The van der Waals surface area contributed by atoms with Gasteiger partial charge in [0.2, 0.25) is 0 Å². The predicted octanol–water partition coefficient (Wildman–Crippen LogP) is 3.11. The van der Waals surface area contributed by atoms with Crippen LogP contribution in [0.4, 0.5) is 5.69 Å². The Morgan fingerprint density at radius 3 is 2.63 bits per heavy atom. The zero-order valence-electron chi connectivity index (χ0n) is 11.3. The van der Waals surface area contributed by atoms with Crippen LogP contribution in [0.1, 0.15) is 16.7 Å². The highest BCUT2D eigenvalue weighted by Crippen LogP contribution is 2.24. The van der Waals surface area contributed by atoms with Gasteiger partial charge in [-0.1, -0.05) is 42.5 Å². The lowest BCUT2D eigenvalue weighted by Gasteiger charge is -2.19. The molecule has 0 aromatic heterocycles. The van der Waals surface area contributed by atoms with Gasteiger partial charge in [-0.2, -0.15) is 0 Å². The van der Waals surface area contributed by atoms with E-state index in [0.717, 1.165) is 26.8 Å². The van der Waals surface area contributed by atoms with E-state index in [-0.39, 0.29) is 0 Å². The number of aryl methyl sites for hydroxylation is 1. The first-order valence-corrected chi connectivity index (χ1v) is 6.87. The van der Waals surface area contributed by atoms with Gasteiger partial charge in [0.1, 0.15) is 0 Å². The Morgan fingerprint density at radius 1 is 1.11 bits per heavy atom. The standard InChI is InChI=1S/C16H18BNO/c1-13-11-15(12-14-5-3-2-4-6-14)7-8-16(13)18-17-9-10-19-18/h2-8,11,17H,9-10,12H2,1H3. The third-order valence-electron chi connectivity index (χ3n) is 3.53. The maximum atomic E-state index is 5.61. The largest absolute Gasteiger partial charge is 0.305 e. The highest BCUT2D eigenvalue weighted by atomic mass is 16.7. The number of benzene rings is 2. The third-order valence-corrected chi connectivity index (χ3v) is 3.53. The molecule has 1 heterocycles. The molecular formula is C16H18BNO. The average Bonchev–Trinajstić information content (AvgIpc) is 2.94. The van der Waals surface area contributed by atoms with E-state index >= 15 is 0 Å². The smallest absolute Gasteiger partial charge is 0.275 e. The van der Waals surface area contributed by atoms with Crippen LogP contribution in [0.5, 0.6) is 0 Å². The van der Waals surface area contributed by atoms with Crippen molar-refractivity contribution in [3.8, 4) is 0 Å². The second-order valence-corrected chi connectivity index (χ2v) is 5.07. The molecule has 3 rings (SSSR count). The highest BCUT2D eigenvalue weighted by Gasteiger charge is 2.17. The van der Waals surface area contributed by atoms with Gasteiger partial charge in [-0.3, -0.25) is 4.84 Å². The molecule has 1 aliphatic heterocycles. The summed E-state index contributed by atoms with van der Waals surface area (Å²) in [4.78, 5) is 7.63. The van der Waals surface area contributed by atoms with Crippen molar-refractivity contribution in [1.29, 1.82) is 0 Å². The molecule has 96 valence electrons. The molecule has 1 aliphatic rings. The van der Waals surface area contributed by atoms with Gasteiger partial charge in [-0.15, -0.1) is 0 Å². The van der Waals surface area contributed by atoms with E-state index in [4.69, 9.17) is 4.84 Å². The lowest BCUT2D eigenvalue weighted by atomic mass is 9.89. The molecule has 1 fully saturated rings. The maximum absolute atomic E-state index is 5.61. The molecule has 0 N–H and O–H groups in total. The van der Waals surface area contributed by atoms with Crippen LogP contribution < -0.4 is 4.97 Å². The minimum absolute atomic E-state index is 0.838. The highest BCUT2D eigenvalue weighted by molar-refractivity contribution is 6.41.